The number of anilines is 1. The summed E-state index contributed by atoms with van der Waals surface area (Å²) >= 11 is 1.55. The van der Waals surface area contributed by atoms with Crippen molar-refractivity contribution in [3.63, 3.8) is 0 Å². The average molecular weight is 519 g/mol. The molecule has 2 aromatic carbocycles. The Kier molecular flexibility index (Phi) is 6.51. The van der Waals surface area contributed by atoms with Gasteiger partial charge in [-0.3, -0.25) is 4.79 Å². The highest BCUT2D eigenvalue weighted by atomic mass is 32.1. The number of aliphatic hydroxyl groups excluding tert-OH is 2. The lowest BCUT2D eigenvalue weighted by atomic mass is 9.94. The number of thiophene rings is 1. The minimum atomic E-state index is -1.60. The number of rotatable bonds is 5. The van der Waals surface area contributed by atoms with E-state index in [1.807, 2.05) is 29.6 Å². The van der Waals surface area contributed by atoms with Crippen molar-refractivity contribution < 1.29 is 32.9 Å². The number of nitrogens with zero attached hydrogens (tertiary/aromatic N) is 4. The third-order valence-electron chi connectivity index (χ3n) is 6.31. The Morgan fingerprint density at radius 2 is 1.97 bits per heavy atom. The van der Waals surface area contributed by atoms with E-state index >= 15 is 0 Å². The zero-order valence-electron chi connectivity index (χ0n) is 18.9. The molecule has 2 aromatic heterocycles. The Morgan fingerprint density at radius 3 is 2.69 bits per heavy atom. The number of ether oxygens (including phenoxy) is 1. The monoisotopic (exact) mass is 518 g/mol. The molecule has 4 atom stereocenters. The van der Waals surface area contributed by atoms with Crippen LogP contribution in [-0.4, -0.2) is 63.1 Å². The molecule has 0 unspecified atom stereocenters. The minimum Gasteiger partial charge on any atom is -0.394 e. The lowest BCUT2D eigenvalue weighted by Gasteiger charge is -2.39. The number of carbonyl (C=O) groups is 1. The molecule has 1 amide bonds. The molecule has 36 heavy (non-hydrogen) atoms. The minimum absolute atomic E-state index is 0.00295. The van der Waals surface area contributed by atoms with E-state index in [9.17, 15) is 28.2 Å². The van der Waals surface area contributed by atoms with Gasteiger partial charge in [0.15, 0.2) is 17.5 Å². The number of aromatic nitrogens is 3. The molecule has 1 fully saturated rings. The van der Waals surface area contributed by atoms with E-state index in [0.29, 0.717) is 5.69 Å². The van der Waals surface area contributed by atoms with Gasteiger partial charge in [0.1, 0.15) is 24.0 Å². The first-order chi connectivity index (χ1) is 17.3. The zero-order chi connectivity index (χ0) is 25.6. The zero-order valence-corrected chi connectivity index (χ0v) is 19.7. The van der Waals surface area contributed by atoms with Crippen LogP contribution in [0.15, 0.2) is 48.0 Å². The molecule has 0 radical (unpaired) electrons. The molecule has 12 heteroatoms. The van der Waals surface area contributed by atoms with Gasteiger partial charge in [-0.1, -0.05) is 11.3 Å². The average Bonchev–Trinajstić information content (AvgIpc) is 3.55. The summed E-state index contributed by atoms with van der Waals surface area (Å²) in [6, 6.07) is 8.33. The van der Waals surface area contributed by atoms with E-state index < -0.39 is 48.4 Å². The van der Waals surface area contributed by atoms with Crippen molar-refractivity contribution >= 4 is 33.0 Å². The predicted molar refractivity (Wildman–Crippen MR) is 126 cm³/mol. The van der Waals surface area contributed by atoms with Crippen LogP contribution in [0.4, 0.5) is 18.9 Å². The highest BCUT2D eigenvalue weighted by molar-refractivity contribution is 7.17. The van der Waals surface area contributed by atoms with E-state index in [1.165, 1.54) is 15.8 Å². The molecule has 3 heterocycles. The molecule has 1 aliphatic heterocycles. The standard InChI is InChI=1S/C24H21F3N4O4S/c1-30(14-3-2-12-4-5-36-21(12)8-14)24(34)19-9-18(23(33)20(11-32)35-19)31-10-17(28-29-31)13-6-15(25)22(27)16(26)7-13/h2-8,10,18-20,23,32-33H,9,11H2,1H3/t18-,19-,20-,23-/m1/s1. The lowest BCUT2D eigenvalue weighted by molar-refractivity contribution is -0.169. The van der Waals surface area contributed by atoms with E-state index in [1.54, 1.807) is 18.4 Å². The molecule has 0 saturated carbocycles. The maximum absolute atomic E-state index is 13.7. The highest BCUT2D eigenvalue weighted by Gasteiger charge is 2.42. The lowest BCUT2D eigenvalue weighted by Crippen LogP contribution is -2.52. The molecule has 8 nitrogen and oxygen atoms in total. The third kappa shape index (κ3) is 4.37. The molecule has 4 aromatic rings. The van der Waals surface area contributed by atoms with E-state index in [4.69, 9.17) is 4.74 Å². The van der Waals surface area contributed by atoms with Gasteiger partial charge in [0.05, 0.1) is 18.8 Å². The number of fused-ring (bicyclic) bond motifs is 1. The van der Waals surface area contributed by atoms with Crippen LogP contribution in [0.5, 0.6) is 0 Å². The van der Waals surface area contributed by atoms with Gasteiger partial charge in [-0.15, -0.1) is 16.4 Å². The van der Waals surface area contributed by atoms with Crippen molar-refractivity contribution in [1.29, 1.82) is 0 Å². The molecule has 5 rings (SSSR count). The summed E-state index contributed by atoms with van der Waals surface area (Å²) in [7, 11) is 1.61. The summed E-state index contributed by atoms with van der Waals surface area (Å²) < 4.78 is 48.7. The fourth-order valence-electron chi connectivity index (χ4n) is 4.30. The second kappa shape index (κ2) is 9.62. The predicted octanol–water partition coefficient (Wildman–Crippen LogP) is 3.29. The summed E-state index contributed by atoms with van der Waals surface area (Å²) in [5.41, 5.74) is 0.649. The molecular weight excluding hydrogens is 497 g/mol. The molecule has 1 saturated heterocycles. The quantitative estimate of drug-likeness (QED) is 0.394. The normalized spacial score (nSPS) is 22.2. The Balaban J connectivity index is 1.40. The van der Waals surface area contributed by atoms with Crippen molar-refractivity contribution in [3.8, 4) is 11.3 Å². The molecule has 2 N–H and O–H groups in total. The highest BCUT2D eigenvalue weighted by Crippen LogP contribution is 2.33. The number of hydrogen-bond donors (Lipinski definition) is 2. The number of amides is 1. The molecular formula is C24H21F3N4O4S. The van der Waals surface area contributed by atoms with Gasteiger partial charge in [0.2, 0.25) is 0 Å². The molecule has 0 bridgehead atoms. The van der Waals surface area contributed by atoms with Gasteiger partial charge in [-0.05, 0) is 41.1 Å². The van der Waals surface area contributed by atoms with Crippen molar-refractivity contribution in [2.45, 2.75) is 30.8 Å². The second-order valence-corrected chi connectivity index (χ2v) is 9.46. The van der Waals surface area contributed by atoms with Crippen molar-refractivity contribution in [1.82, 2.24) is 15.0 Å². The first-order valence-electron chi connectivity index (χ1n) is 11.0. The van der Waals surface area contributed by atoms with Gasteiger partial charge in [-0.25, -0.2) is 17.9 Å². The van der Waals surface area contributed by atoms with Gasteiger partial charge < -0.3 is 19.8 Å². The largest absolute Gasteiger partial charge is 0.394 e. The number of halogens is 3. The van der Waals surface area contributed by atoms with E-state index in [-0.39, 0.29) is 23.6 Å². The summed E-state index contributed by atoms with van der Waals surface area (Å²) in [6.45, 7) is -0.553. The number of likely N-dealkylation sites (N-methyl/N-ethyl adjacent to an activating group) is 1. The van der Waals surface area contributed by atoms with Crippen LogP contribution in [-0.2, 0) is 9.53 Å². The topological polar surface area (TPSA) is 101 Å². The summed E-state index contributed by atoms with van der Waals surface area (Å²) in [6.07, 6.45) is -2.03. The van der Waals surface area contributed by atoms with Gasteiger partial charge in [0, 0.05) is 29.4 Å². The molecule has 0 aliphatic carbocycles. The Morgan fingerprint density at radius 1 is 1.22 bits per heavy atom. The number of aliphatic hydroxyl groups is 2. The Labute approximate surface area is 207 Å². The number of benzene rings is 2. The first-order valence-corrected chi connectivity index (χ1v) is 11.9. The summed E-state index contributed by atoms with van der Waals surface area (Å²) in [4.78, 5) is 14.8. The van der Waals surface area contributed by atoms with Crippen molar-refractivity contribution in [3.05, 3.63) is 65.4 Å². The fourth-order valence-corrected chi connectivity index (χ4v) is 5.12. The molecule has 0 spiro atoms. The number of hydrogen-bond acceptors (Lipinski definition) is 7. The van der Waals surface area contributed by atoms with E-state index in [2.05, 4.69) is 10.3 Å². The maximum atomic E-state index is 13.7. The van der Waals surface area contributed by atoms with Gasteiger partial charge in [0.25, 0.3) is 5.91 Å². The van der Waals surface area contributed by atoms with Crippen LogP contribution in [0.1, 0.15) is 12.5 Å². The maximum Gasteiger partial charge on any atom is 0.255 e. The molecule has 1 aliphatic rings. The summed E-state index contributed by atoms with van der Waals surface area (Å²) in [5.74, 6) is -4.73. The smallest absolute Gasteiger partial charge is 0.255 e. The number of carbonyl (C=O) groups excluding carboxylic acids is 1. The molecule has 188 valence electrons. The second-order valence-electron chi connectivity index (χ2n) is 8.52. The van der Waals surface area contributed by atoms with Crippen LogP contribution in [0, 0.1) is 17.5 Å². The van der Waals surface area contributed by atoms with Crippen LogP contribution in [0.3, 0.4) is 0 Å². The first kappa shape index (κ1) is 24.4. The van der Waals surface area contributed by atoms with E-state index in [0.717, 1.165) is 22.2 Å². The van der Waals surface area contributed by atoms with Crippen LogP contribution >= 0.6 is 11.3 Å². The van der Waals surface area contributed by atoms with Crippen LogP contribution in [0.2, 0.25) is 0 Å². The SMILES string of the molecule is CN(C(=O)[C@H]1C[C@@H](n2cc(-c3cc(F)c(F)c(F)c3)nn2)[C@@H](O)[C@@H](CO)O1)c1ccc2ccsc2c1. The van der Waals surface area contributed by atoms with Gasteiger partial charge in [-0.2, -0.15) is 0 Å². The van der Waals surface area contributed by atoms with Crippen molar-refractivity contribution in [2.75, 3.05) is 18.6 Å². The van der Waals surface area contributed by atoms with Gasteiger partial charge >= 0.3 is 0 Å². The van der Waals surface area contributed by atoms with Crippen LogP contribution in [0.25, 0.3) is 21.3 Å². The Bertz CT molecular complexity index is 1400. The third-order valence-corrected chi connectivity index (χ3v) is 7.19. The fraction of sp³-hybridized carbons (Fsp3) is 0.292. The van der Waals surface area contributed by atoms with Crippen molar-refractivity contribution in [2.24, 2.45) is 0 Å². The Hall–Kier alpha value is -3.32. The van der Waals surface area contributed by atoms with Crippen LogP contribution < -0.4 is 4.90 Å². The summed E-state index contributed by atoms with van der Waals surface area (Å²) in [5, 5.41) is 31.4.